The summed E-state index contributed by atoms with van der Waals surface area (Å²) in [5.74, 6) is -0.277. The molecule has 1 aromatic heterocycles. The number of aromatic nitrogens is 1. The average Bonchev–Trinajstić information content (AvgIpc) is 2.67. The maximum atomic E-state index is 12.5. The summed E-state index contributed by atoms with van der Waals surface area (Å²) in [5.41, 5.74) is 1.22. The van der Waals surface area contributed by atoms with Gasteiger partial charge in [0.1, 0.15) is 0 Å². The number of amides is 1. The first-order chi connectivity index (χ1) is 12.8. The number of nitrogens with one attached hydrogen (secondary N) is 1. The second-order valence-corrected chi connectivity index (χ2v) is 8.15. The van der Waals surface area contributed by atoms with Gasteiger partial charge in [-0.3, -0.25) is 14.6 Å². The van der Waals surface area contributed by atoms with E-state index in [-0.39, 0.29) is 29.6 Å². The van der Waals surface area contributed by atoms with Crippen LogP contribution in [0, 0.1) is 0 Å². The Bertz CT molecular complexity index is 881. The smallest absolute Gasteiger partial charge is 0.242 e. The van der Waals surface area contributed by atoms with Gasteiger partial charge in [-0.2, -0.15) is 0 Å². The lowest BCUT2D eigenvalue weighted by molar-refractivity contribution is -0.121. The minimum atomic E-state index is -3.65. The van der Waals surface area contributed by atoms with Crippen LogP contribution in [0.4, 0.5) is 0 Å². The topological polar surface area (TPSA) is 96.4 Å². The Kier molecular flexibility index (Phi) is 7.20. The number of ketones is 1. The predicted molar refractivity (Wildman–Crippen MR) is 102 cm³/mol. The molecule has 0 bridgehead atoms. The Morgan fingerprint density at radius 2 is 1.81 bits per heavy atom. The standard InChI is InChI=1S/C19H23N3O4S/c1-15(23)16-8-10-18(11-9-16)27(25,26)22(2)13-5-7-19(24)21-14-17-6-3-4-12-20-17/h3-4,6,8-12H,5,7,13-14H2,1-2H3,(H,21,24). The van der Waals surface area contributed by atoms with Crippen molar-refractivity contribution in [2.24, 2.45) is 0 Å². The Morgan fingerprint density at radius 3 is 2.41 bits per heavy atom. The van der Waals surface area contributed by atoms with Crippen LogP contribution < -0.4 is 5.32 Å². The van der Waals surface area contributed by atoms with Gasteiger partial charge in [0.15, 0.2) is 5.78 Å². The van der Waals surface area contributed by atoms with E-state index < -0.39 is 10.0 Å². The van der Waals surface area contributed by atoms with Crippen molar-refractivity contribution in [2.45, 2.75) is 31.2 Å². The highest BCUT2D eigenvalue weighted by Crippen LogP contribution is 2.16. The fraction of sp³-hybridized carbons (Fsp3) is 0.316. The summed E-state index contributed by atoms with van der Waals surface area (Å²) in [7, 11) is -2.18. The van der Waals surface area contributed by atoms with Gasteiger partial charge in [0.05, 0.1) is 17.1 Å². The quantitative estimate of drug-likeness (QED) is 0.662. The molecule has 2 rings (SSSR count). The lowest BCUT2D eigenvalue weighted by atomic mass is 10.2. The zero-order valence-corrected chi connectivity index (χ0v) is 16.2. The van der Waals surface area contributed by atoms with E-state index in [0.29, 0.717) is 18.5 Å². The Labute approximate surface area is 159 Å². The van der Waals surface area contributed by atoms with E-state index in [9.17, 15) is 18.0 Å². The van der Waals surface area contributed by atoms with Crippen LogP contribution in [0.15, 0.2) is 53.6 Å². The van der Waals surface area contributed by atoms with Gasteiger partial charge < -0.3 is 5.32 Å². The van der Waals surface area contributed by atoms with E-state index in [0.717, 1.165) is 5.69 Å². The van der Waals surface area contributed by atoms with Crippen LogP contribution in [0.25, 0.3) is 0 Å². The van der Waals surface area contributed by atoms with Crippen molar-refractivity contribution in [3.05, 3.63) is 59.9 Å². The fourth-order valence-corrected chi connectivity index (χ4v) is 3.61. The molecule has 8 heteroatoms. The highest BCUT2D eigenvalue weighted by atomic mass is 32.2. The maximum Gasteiger partial charge on any atom is 0.242 e. The molecule has 0 spiro atoms. The molecule has 0 saturated carbocycles. The molecule has 0 saturated heterocycles. The zero-order valence-electron chi connectivity index (χ0n) is 15.4. The number of carbonyl (C=O) groups is 2. The van der Waals surface area contributed by atoms with E-state index >= 15 is 0 Å². The molecule has 1 amide bonds. The largest absolute Gasteiger partial charge is 0.350 e. The Balaban J connectivity index is 1.82. The monoisotopic (exact) mass is 389 g/mol. The van der Waals surface area contributed by atoms with Crippen molar-refractivity contribution in [2.75, 3.05) is 13.6 Å². The van der Waals surface area contributed by atoms with Gasteiger partial charge in [-0.25, -0.2) is 12.7 Å². The number of sulfonamides is 1. The molecular formula is C19H23N3O4S. The molecule has 2 aromatic rings. The van der Waals surface area contributed by atoms with Crippen molar-refractivity contribution < 1.29 is 18.0 Å². The molecule has 0 radical (unpaired) electrons. The summed E-state index contributed by atoms with van der Waals surface area (Å²) in [6, 6.07) is 11.3. The first-order valence-electron chi connectivity index (χ1n) is 8.54. The van der Waals surface area contributed by atoms with Crippen molar-refractivity contribution in [3.8, 4) is 0 Å². The predicted octanol–water partition coefficient (Wildman–Crippen LogP) is 2.00. The van der Waals surface area contributed by atoms with E-state index in [1.165, 1.54) is 42.5 Å². The first-order valence-corrected chi connectivity index (χ1v) is 9.98. The zero-order chi connectivity index (χ0) is 19.9. The maximum absolute atomic E-state index is 12.5. The van der Waals surface area contributed by atoms with Crippen LogP contribution in [0.3, 0.4) is 0 Å². The molecule has 0 unspecified atom stereocenters. The molecule has 0 atom stereocenters. The molecule has 7 nitrogen and oxygen atoms in total. The number of rotatable bonds is 9. The van der Waals surface area contributed by atoms with Crippen molar-refractivity contribution >= 4 is 21.7 Å². The van der Waals surface area contributed by atoms with Crippen LogP contribution in [0.5, 0.6) is 0 Å². The second kappa shape index (κ2) is 9.38. The second-order valence-electron chi connectivity index (χ2n) is 6.11. The van der Waals surface area contributed by atoms with Gasteiger partial charge in [-0.1, -0.05) is 18.2 Å². The van der Waals surface area contributed by atoms with E-state index in [1.807, 2.05) is 12.1 Å². The van der Waals surface area contributed by atoms with Gasteiger partial charge in [-0.15, -0.1) is 0 Å². The summed E-state index contributed by atoms with van der Waals surface area (Å²) in [6.45, 7) is 1.98. The number of hydrogen-bond acceptors (Lipinski definition) is 5. The van der Waals surface area contributed by atoms with Crippen molar-refractivity contribution in [3.63, 3.8) is 0 Å². The van der Waals surface area contributed by atoms with E-state index in [4.69, 9.17) is 0 Å². The number of nitrogens with zero attached hydrogens (tertiary/aromatic N) is 2. The minimum absolute atomic E-state index is 0.120. The molecule has 144 valence electrons. The number of Topliss-reactive ketones (excluding diaryl/α,β-unsaturated/α-hetero) is 1. The molecule has 0 fully saturated rings. The SMILES string of the molecule is CC(=O)c1ccc(S(=O)(=O)N(C)CCCC(=O)NCc2ccccn2)cc1. The number of pyridine rings is 1. The van der Waals surface area contributed by atoms with Crippen molar-refractivity contribution in [1.82, 2.24) is 14.6 Å². The molecular weight excluding hydrogens is 366 g/mol. The molecule has 0 aliphatic rings. The normalized spacial score (nSPS) is 11.4. The third kappa shape index (κ3) is 5.97. The third-order valence-corrected chi connectivity index (χ3v) is 5.91. The number of benzene rings is 1. The lowest BCUT2D eigenvalue weighted by Gasteiger charge is -2.17. The molecule has 27 heavy (non-hydrogen) atoms. The summed E-state index contributed by atoms with van der Waals surface area (Å²) in [6.07, 6.45) is 2.27. The summed E-state index contributed by atoms with van der Waals surface area (Å²) in [5, 5.41) is 2.76. The van der Waals surface area contributed by atoms with Gasteiger partial charge in [0.2, 0.25) is 15.9 Å². The van der Waals surface area contributed by atoms with Gasteiger partial charge in [-0.05, 0) is 37.6 Å². The highest BCUT2D eigenvalue weighted by molar-refractivity contribution is 7.89. The van der Waals surface area contributed by atoms with Crippen LogP contribution in [0.2, 0.25) is 0 Å². The average molecular weight is 389 g/mol. The van der Waals surface area contributed by atoms with E-state index in [1.54, 1.807) is 12.3 Å². The fourth-order valence-electron chi connectivity index (χ4n) is 2.40. The molecule has 0 aliphatic carbocycles. The summed E-state index contributed by atoms with van der Waals surface area (Å²) >= 11 is 0. The lowest BCUT2D eigenvalue weighted by Crippen LogP contribution is -2.29. The summed E-state index contributed by atoms with van der Waals surface area (Å²) < 4.78 is 26.3. The summed E-state index contributed by atoms with van der Waals surface area (Å²) in [4.78, 5) is 27.4. The van der Waals surface area contributed by atoms with Crippen molar-refractivity contribution in [1.29, 1.82) is 0 Å². The highest BCUT2D eigenvalue weighted by Gasteiger charge is 2.20. The minimum Gasteiger partial charge on any atom is -0.350 e. The van der Waals surface area contributed by atoms with Crippen LogP contribution >= 0.6 is 0 Å². The third-order valence-electron chi connectivity index (χ3n) is 4.04. The van der Waals surface area contributed by atoms with E-state index in [2.05, 4.69) is 10.3 Å². The van der Waals surface area contributed by atoms with Gasteiger partial charge >= 0.3 is 0 Å². The Morgan fingerprint density at radius 1 is 1.11 bits per heavy atom. The molecule has 0 aliphatic heterocycles. The van der Waals surface area contributed by atoms with Crippen LogP contribution in [0.1, 0.15) is 35.8 Å². The number of hydrogen-bond donors (Lipinski definition) is 1. The molecule has 1 aromatic carbocycles. The first kappa shape index (κ1) is 20.7. The van der Waals surface area contributed by atoms with Gasteiger partial charge in [0, 0.05) is 31.8 Å². The Hall–Kier alpha value is -2.58. The molecule has 1 heterocycles. The van der Waals surface area contributed by atoms with Gasteiger partial charge in [0.25, 0.3) is 0 Å². The molecule has 1 N–H and O–H groups in total. The van der Waals surface area contributed by atoms with Crippen LogP contribution in [-0.2, 0) is 21.4 Å². The van der Waals surface area contributed by atoms with Crippen LogP contribution in [-0.4, -0.2) is 43.0 Å². The number of carbonyl (C=O) groups excluding carboxylic acids is 2.